The lowest BCUT2D eigenvalue weighted by Gasteiger charge is -2.27. The van der Waals surface area contributed by atoms with Crippen LogP contribution in [0.25, 0.3) is 5.57 Å². The van der Waals surface area contributed by atoms with Crippen LogP contribution in [0.15, 0.2) is 77.9 Å². The summed E-state index contributed by atoms with van der Waals surface area (Å²) in [6.45, 7) is 0. The zero-order valence-corrected chi connectivity index (χ0v) is 15.3. The molecule has 24 heavy (non-hydrogen) atoms. The normalized spacial score (nSPS) is 27.1. The topological polar surface area (TPSA) is 0 Å². The van der Waals surface area contributed by atoms with Crippen LogP contribution in [0.5, 0.6) is 0 Å². The molecular weight excluding hydrogens is 307 g/mol. The molecule has 0 nitrogen and oxygen atoms in total. The summed E-state index contributed by atoms with van der Waals surface area (Å²) in [5.74, 6) is 1.13. The highest BCUT2D eigenvalue weighted by atomic mass is 31.0. The largest absolute Gasteiger partial charge is 0.133 e. The van der Waals surface area contributed by atoms with Crippen LogP contribution in [0, 0.1) is 11.8 Å². The average molecular weight is 332 g/mol. The minimum absolute atomic E-state index is 0.505. The van der Waals surface area contributed by atoms with Gasteiger partial charge < -0.3 is 0 Å². The smallest absolute Gasteiger partial charge is 0.00905 e. The molecule has 1 aromatic carbocycles. The summed E-state index contributed by atoms with van der Waals surface area (Å²) >= 11 is 0. The van der Waals surface area contributed by atoms with Gasteiger partial charge in [-0.1, -0.05) is 66.8 Å². The van der Waals surface area contributed by atoms with E-state index in [9.17, 15) is 0 Å². The molecule has 0 bridgehead atoms. The van der Waals surface area contributed by atoms with Gasteiger partial charge in [-0.25, -0.2) is 0 Å². The molecule has 3 unspecified atom stereocenters. The predicted octanol–water partition coefficient (Wildman–Crippen LogP) is 5.90. The first-order chi connectivity index (χ1) is 11.8. The van der Waals surface area contributed by atoms with E-state index in [1.54, 1.807) is 0 Å². The second kappa shape index (κ2) is 7.08. The third kappa shape index (κ3) is 3.13. The zero-order valence-electron chi connectivity index (χ0n) is 14.1. The van der Waals surface area contributed by atoms with E-state index in [0.717, 1.165) is 12.6 Å². The molecule has 3 aliphatic rings. The molecule has 3 atom stereocenters. The first-order valence-corrected chi connectivity index (χ1v) is 9.92. The lowest BCUT2D eigenvalue weighted by Crippen LogP contribution is -2.15. The zero-order chi connectivity index (χ0) is 16.4. The molecule has 0 heterocycles. The summed E-state index contributed by atoms with van der Waals surface area (Å²) in [5.41, 5.74) is 7.30. The van der Waals surface area contributed by atoms with Gasteiger partial charge in [0, 0.05) is 5.92 Å². The highest BCUT2D eigenvalue weighted by Crippen LogP contribution is 2.42. The first-order valence-electron chi connectivity index (χ1n) is 9.10. The highest BCUT2D eigenvalue weighted by molar-refractivity contribution is 7.16. The monoisotopic (exact) mass is 332 g/mol. The van der Waals surface area contributed by atoms with E-state index in [1.807, 2.05) is 0 Å². The number of fused-ring (bicyclic) bond motifs is 2. The standard InChI is InChI=1S/C23H25P/c24-16-18-10-13-22-20(14-18)12-11-19-8-4-5-9-21(19)23(22)15-17-6-2-1-3-7-17/h2,4-10,13-15,20,22H,1,3,11-12,16,24H2/b23-15+. The van der Waals surface area contributed by atoms with Gasteiger partial charge in [0.1, 0.15) is 0 Å². The molecule has 1 aromatic rings. The first kappa shape index (κ1) is 15.9. The van der Waals surface area contributed by atoms with Crippen molar-refractivity contribution in [1.82, 2.24) is 0 Å². The number of benzene rings is 1. The molecule has 4 rings (SSSR count). The van der Waals surface area contributed by atoms with Crippen molar-refractivity contribution in [2.45, 2.75) is 25.7 Å². The Labute approximate surface area is 147 Å². The van der Waals surface area contributed by atoms with Crippen molar-refractivity contribution in [2.75, 3.05) is 6.16 Å². The van der Waals surface area contributed by atoms with Crippen LogP contribution in [0.4, 0.5) is 0 Å². The number of rotatable bonds is 2. The Morgan fingerprint density at radius 1 is 1.12 bits per heavy atom. The Bertz CT molecular complexity index is 773. The van der Waals surface area contributed by atoms with Crippen molar-refractivity contribution in [3.8, 4) is 0 Å². The summed E-state index contributed by atoms with van der Waals surface area (Å²) in [4.78, 5) is 0. The second-order valence-electron chi connectivity index (χ2n) is 6.97. The number of allylic oxidation sites excluding steroid dienone is 10. The Morgan fingerprint density at radius 3 is 2.88 bits per heavy atom. The molecule has 1 heteroatoms. The summed E-state index contributed by atoms with van der Waals surface area (Å²) in [7, 11) is 2.86. The van der Waals surface area contributed by atoms with Crippen LogP contribution in [-0.2, 0) is 6.42 Å². The Balaban J connectivity index is 1.81. The minimum Gasteiger partial charge on any atom is -0.133 e. The van der Waals surface area contributed by atoms with Gasteiger partial charge in [0.25, 0.3) is 0 Å². The maximum absolute atomic E-state index is 2.86. The van der Waals surface area contributed by atoms with Crippen molar-refractivity contribution in [3.05, 3.63) is 89.1 Å². The molecule has 3 aliphatic carbocycles. The lowest BCUT2D eigenvalue weighted by molar-refractivity contribution is 0.526. The summed E-state index contributed by atoms with van der Waals surface area (Å²) in [6, 6.07) is 9.01. The van der Waals surface area contributed by atoms with E-state index in [-0.39, 0.29) is 0 Å². The number of hydrogen-bond acceptors (Lipinski definition) is 0. The molecule has 0 saturated heterocycles. The van der Waals surface area contributed by atoms with Crippen LogP contribution >= 0.6 is 9.24 Å². The summed E-state index contributed by atoms with van der Waals surface area (Å²) < 4.78 is 0. The summed E-state index contributed by atoms with van der Waals surface area (Å²) in [5, 5.41) is 0. The molecule has 122 valence electrons. The van der Waals surface area contributed by atoms with Crippen molar-refractivity contribution in [3.63, 3.8) is 0 Å². The second-order valence-corrected chi connectivity index (χ2v) is 7.38. The quantitative estimate of drug-likeness (QED) is 0.592. The van der Waals surface area contributed by atoms with E-state index >= 15 is 0 Å². The molecular formula is C23H25P. The van der Waals surface area contributed by atoms with E-state index < -0.39 is 0 Å². The van der Waals surface area contributed by atoms with Gasteiger partial charge in [-0.15, -0.1) is 9.24 Å². The third-order valence-electron chi connectivity index (χ3n) is 5.42. The van der Waals surface area contributed by atoms with Gasteiger partial charge in [-0.05, 0) is 65.6 Å². The number of aryl methyl sites for hydroxylation is 1. The van der Waals surface area contributed by atoms with Crippen molar-refractivity contribution >= 4 is 14.8 Å². The fourth-order valence-electron chi connectivity index (χ4n) is 4.15. The van der Waals surface area contributed by atoms with Crippen LogP contribution in [0.3, 0.4) is 0 Å². The molecule has 0 aliphatic heterocycles. The van der Waals surface area contributed by atoms with Gasteiger partial charge in [-0.3, -0.25) is 0 Å². The lowest BCUT2D eigenvalue weighted by atomic mass is 9.78. The maximum Gasteiger partial charge on any atom is 0.00905 e. The molecule has 0 N–H and O–H groups in total. The van der Waals surface area contributed by atoms with Gasteiger partial charge in [0.15, 0.2) is 0 Å². The number of hydrogen-bond donors (Lipinski definition) is 0. The fraction of sp³-hybridized carbons (Fsp3) is 0.304. The van der Waals surface area contributed by atoms with E-state index in [0.29, 0.717) is 11.8 Å². The van der Waals surface area contributed by atoms with Gasteiger partial charge in [0.05, 0.1) is 0 Å². The SMILES string of the molecule is PCC1=CC2CCc3ccccc3/C(=C\C3=CCCC=C3)C2C=C1. The molecule has 0 aromatic heterocycles. The van der Waals surface area contributed by atoms with E-state index in [2.05, 4.69) is 76.0 Å². The minimum atomic E-state index is 0.505. The Hall–Kier alpha value is -1.65. The molecule has 0 fully saturated rings. The molecule has 0 amide bonds. The van der Waals surface area contributed by atoms with Crippen molar-refractivity contribution < 1.29 is 0 Å². The maximum atomic E-state index is 2.86. The molecule has 0 spiro atoms. The van der Waals surface area contributed by atoms with E-state index in [4.69, 9.17) is 0 Å². The average Bonchev–Trinajstić information content (AvgIpc) is 2.80. The van der Waals surface area contributed by atoms with Gasteiger partial charge in [-0.2, -0.15) is 0 Å². The van der Waals surface area contributed by atoms with Crippen molar-refractivity contribution in [1.29, 1.82) is 0 Å². The molecule has 0 radical (unpaired) electrons. The third-order valence-corrected chi connectivity index (χ3v) is 5.89. The fourth-order valence-corrected chi connectivity index (χ4v) is 4.43. The molecule has 0 saturated carbocycles. The highest BCUT2D eigenvalue weighted by Gasteiger charge is 2.29. The predicted molar refractivity (Wildman–Crippen MR) is 108 cm³/mol. The van der Waals surface area contributed by atoms with Crippen molar-refractivity contribution in [2.24, 2.45) is 11.8 Å². The summed E-state index contributed by atoms with van der Waals surface area (Å²) in [6.07, 6.45) is 22.5. The van der Waals surface area contributed by atoms with Crippen LogP contribution < -0.4 is 0 Å². The van der Waals surface area contributed by atoms with Crippen LogP contribution in [0.2, 0.25) is 0 Å². The van der Waals surface area contributed by atoms with E-state index in [1.165, 1.54) is 47.1 Å². The Morgan fingerprint density at radius 2 is 2.04 bits per heavy atom. The van der Waals surface area contributed by atoms with Gasteiger partial charge >= 0.3 is 0 Å². The van der Waals surface area contributed by atoms with Crippen LogP contribution in [0.1, 0.15) is 30.4 Å². The van der Waals surface area contributed by atoms with Crippen LogP contribution in [-0.4, -0.2) is 6.16 Å². The van der Waals surface area contributed by atoms with Gasteiger partial charge in [0.2, 0.25) is 0 Å². The Kier molecular flexibility index (Phi) is 4.67.